The van der Waals surface area contributed by atoms with Crippen LogP contribution in [0.4, 0.5) is 31.1 Å². The maximum absolute atomic E-state index is 13.9. The number of carbonyl (C=O) groups is 2. The average molecular weight is 520 g/mol. The predicted octanol–water partition coefficient (Wildman–Crippen LogP) is 4.49. The summed E-state index contributed by atoms with van der Waals surface area (Å²) in [5.74, 6) is -5.38. The first kappa shape index (κ1) is 25.1. The van der Waals surface area contributed by atoms with Gasteiger partial charge in [0.15, 0.2) is 5.92 Å². The van der Waals surface area contributed by atoms with Gasteiger partial charge in [0.25, 0.3) is 0 Å². The standard InChI is InChI=1S/C23H26F6N4O3/c24-22(25,26)16(23(27,28)29)14-9-20(5-7-32(8-6-20)19(35)36)33(12-14)18(34)21(3-4-21)17-30-10-15(11-31-17)13-1-2-13/h10-11,13-14,16H,1-9,12H2,(H,35,36). The summed E-state index contributed by atoms with van der Waals surface area (Å²) < 4.78 is 81.7. The Kier molecular flexibility index (Phi) is 5.71. The molecule has 0 radical (unpaired) electrons. The molecule has 5 rings (SSSR count). The zero-order chi connectivity index (χ0) is 26.1. The van der Waals surface area contributed by atoms with Crippen LogP contribution in [0, 0.1) is 11.8 Å². The lowest BCUT2D eigenvalue weighted by Crippen LogP contribution is -2.57. The molecule has 1 aromatic rings. The van der Waals surface area contributed by atoms with Crippen molar-refractivity contribution in [3.63, 3.8) is 0 Å². The van der Waals surface area contributed by atoms with E-state index in [1.165, 1.54) is 4.90 Å². The molecule has 1 aromatic heterocycles. The van der Waals surface area contributed by atoms with E-state index in [1.807, 2.05) is 0 Å². The third-order valence-corrected chi connectivity index (χ3v) is 8.33. The summed E-state index contributed by atoms with van der Waals surface area (Å²) in [4.78, 5) is 36.2. The van der Waals surface area contributed by atoms with Gasteiger partial charge in [-0.2, -0.15) is 26.3 Å². The topological polar surface area (TPSA) is 86.6 Å². The number of aromatic nitrogens is 2. The van der Waals surface area contributed by atoms with E-state index in [0.717, 1.165) is 23.3 Å². The molecule has 1 unspecified atom stereocenters. The largest absolute Gasteiger partial charge is 0.465 e. The first-order valence-electron chi connectivity index (χ1n) is 12.0. The lowest BCUT2D eigenvalue weighted by Gasteiger charge is -2.45. The van der Waals surface area contributed by atoms with Crippen LogP contribution < -0.4 is 0 Å². The molecule has 36 heavy (non-hydrogen) atoms. The highest BCUT2D eigenvalue weighted by Gasteiger charge is 2.67. The fraction of sp³-hybridized carbons (Fsp3) is 0.739. The Morgan fingerprint density at radius 2 is 1.53 bits per heavy atom. The van der Waals surface area contributed by atoms with Crippen LogP contribution in [-0.2, 0) is 10.2 Å². The number of piperidine rings is 1. The van der Waals surface area contributed by atoms with Gasteiger partial charge in [-0.3, -0.25) is 4.79 Å². The number of hydrogen-bond acceptors (Lipinski definition) is 4. The highest BCUT2D eigenvalue weighted by atomic mass is 19.4. The van der Waals surface area contributed by atoms with Crippen LogP contribution in [0.2, 0.25) is 0 Å². The third-order valence-electron chi connectivity index (χ3n) is 8.33. The van der Waals surface area contributed by atoms with Gasteiger partial charge in [-0.05, 0) is 62.3 Å². The van der Waals surface area contributed by atoms with E-state index in [-0.39, 0.29) is 31.8 Å². The highest BCUT2D eigenvalue weighted by Crippen LogP contribution is 2.56. The number of likely N-dealkylation sites (tertiary alicyclic amines) is 2. The molecule has 1 atom stereocenters. The van der Waals surface area contributed by atoms with Gasteiger partial charge in [-0.25, -0.2) is 14.8 Å². The van der Waals surface area contributed by atoms with E-state index in [1.54, 1.807) is 12.4 Å². The molecule has 13 heteroatoms. The number of hydrogen-bond donors (Lipinski definition) is 1. The van der Waals surface area contributed by atoms with Crippen molar-refractivity contribution in [2.24, 2.45) is 11.8 Å². The number of amides is 2. The Balaban J connectivity index is 1.46. The van der Waals surface area contributed by atoms with E-state index in [0.29, 0.717) is 18.8 Å². The molecule has 2 saturated heterocycles. The van der Waals surface area contributed by atoms with Crippen molar-refractivity contribution in [2.45, 2.75) is 74.2 Å². The normalized spacial score (nSPS) is 25.5. The van der Waals surface area contributed by atoms with Crippen LogP contribution in [0.15, 0.2) is 12.4 Å². The molecule has 2 aliphatic carbocycles. The number of halogens is 6. The zero-order valence-electron chi connectivity index (χ0n) is 19.3. The Morgan fingerprint density at radius 1 is 0.972 bits per heavy atom. The first-order valence-corrected chi connectivity index (χ1v) is 12.0. The molecular weight excluding hydrogens is 494 g/mol. The van der Waals surface area contributed by atoms with Crippen molar-refractivity contribution < 1.29 is 41.0 Å². The van der Waals surface area contributed by atoms with Crippen LogP contribution in [-0.4, -0.2) is 74.4 Å². The van der Waals surface area contributed by atoms with Crippen molar-refractivity contribution in [3.8, 4) is 0 Å². The smallest absolute Gasteiger partial charge is 0.407 e. The van der Waals surface area contributed by atoms with Gasteiger partial charge in [0.05, 0.1) is 0 Å². The number of alkyl halides is 6. The number of nitrogens with zero attached hydrogens (tertiary/aromatic N) is 4. The fourth-order valence-electron chi connectivity index (χ4n) is 6.05. The quantitative estimate of drug-likeness (QED) is 0.592. The summed E-state index contributed by atoms with van der Waals surface area (Å²) in [5, 5.41) is 9.28. The van der Waals surface area contributed by atoms with Crippen molar-refractivity contribution in [2.75, 3.05) is 19.6 Å². The maximum atomic E-state index is 13.9. The van der Waals surface area contributed by atoms with Crippen LogP contribution in [0.3, 0.4) is 0 Å². The van der Waals surface area contributed by atoms with Gasteiger partial charge in [0, 0.05) is 37.6 Å². The van der Waals surface area contributed by atoms with Crippen molar-refractivity contribution in [1.29, 1.82) is 0 Å². The number of rotatable bonds is 4. The number of carbonyl (C=O) groups excluding carboxylic acids is 1. The molecule has 1 N–H and O–H groups in total. The average Bonchev–Trinajstić information content (AvgIpc) is 3.70. The molecule has 198 valence electrons. The molecule has 0 bridgehead atoms. The molecule has 3 heterocycles. The summed E-state index contributed by atoms with van der Waals surface area (Å²) in [7, 11) is 0. The van der Waals surface area contributed by atoms with Gasteiger partial charge in [-0.15, -0.1) is 0 Å². The molecule has 1 spiro atoms. The Labute approximate surface area is 202 Å². The summed E-state index contributed by atoms with van der Waals surface area (Å²) in [6.45, 7) is -0.847. The molecule has 4 aliphatic rings. The molecule has 0 aromatic carbocycles. The minimum Gasteiger partial charge on any atom is -0.465 e. The van der Waals surface area contributed by atoms with Crippen molar-refractivity contribution in [1.82, 2.24) is 19.8 Å². The Morgan fingerprint density at radius 3 is 1.97 bits per heavy atom. The highest BCUT2D eigenvalue weighted by molar-refractivity contribution is 5.91. The molecule has 2 amide bonds. The van der Waals surface area contributed by atoms with Gasteiger partial charge in [0.2, 0.25) is 5.91 Å². The van der Waals surface area contributed by atoms with Crippen molar-refractivity contribution in [3.05, 3.63) is 23.8 Å². The van der Waals surface area contributed by atoms with Crippen LogP contribution >= 0.6 is 0 Å². The molecule has 2 saturated carbocycles. The SMILES string of the molecule is O=C(O)N1CCC2(CC1)CC(C(C(F)(F)F)C(F)(F)F)CN2C(=O)C1(c2ncc(C3CC3)cn2)CC1. The summed E-state index contributed by atoms with van der Waals surface area (Å²) in [6, 6.07) is 0. The third kappa shape index (κ3) is 4.27. The predicted molar refractivity (Wildman–Crippen MR) is 112 cm³/mol. The van der Waals surface area contributed by atoms with Gasteiger partial charge >= 0.3 is 18.4 Å². The molecule has 4 fully saturated rings. The maximum Gasteiger partial charge on any atom is 0.407 e. The minimum absolute atomic E-state index is 0.0263. The first-order chi connectivity index (χ1) is 16.8. The van der Waals surface area contributed by atoms with Crippen molar-refractivity contribution >= 4 is 12.0 Å². The van der Waals surface area contributed by atoms with E-state index in [9.17, 15) is 41.0 Å². The van der Waals surface area contributed by atoms with E-state index < -0.39 is 60.1 Å². The van der Waals surface area contributed by atoms with Gasteiger partial charge in [0.1, 0.15) is 11.2 Å². The molecule has 7 nitrogen and oxygen atoms in total. The van der Waals surface area contributed by atoms with E-state index in [4.69, 9.17) is 0 Å². The monoisotopic (exact) mass is 520 g/mol. The van der Waals surface area contributed by atoms with Crippen LogP contribution in [0.25, 0.3) is 0 Å². The lowest BCUT2D eigenvalue weighted by atomic mass is 9.79. The van der Waals surface area contributed by atoms with E-state index in [2.05, 4.69) is 9.97 Å². The van der Waals surface area contributed by atoms with E-state index >= 15 is 0 Å². The van der Waals surface area contributed by atoms with Crippen LogP contribution in [0.1, 0.15) is 62.3 Å². The van der Waals surface area contributed by atoms with Gasteiger partial charge < -0.3 is 14.9 Å². The second kappa shape index (κ2) is 8.20. The second-order valence-electron chi connectivity index (χ2n) is 10.6. The lowest BCUT2D eigenvalue weighted by molar-refractivity contribution is -0.297. The zero-order valence-corrected chi connectivity index (χ0v) is 19.3. The molecular formula is C23H26F6N4O3. The second-order valence-corrected chi connectivity index (χ2v) is 10.6. The van der Waals surface area contributed by atoms with Gasteiger partial charge in [-0.1, -0.05) is 0 Å². The molecule has 2 aliphatic heterocycles. The van der Waals surface area contributed by atoms with Crippen LogP contribution in [0.5, 0.6) is 0 Å². The Bertz CT molecular complexity index is 1010. The summed E-state index contributed by atoms with van der Waals surface area (Å²) in [6.07, 6.45) is -6.76. The fourth-order valence-corrected chi connectivity index (χ4v) is 6.05. The number of carboxylic acid groups (broad SMARTS) is 1. The summed E-state index contributed by atoms with van der Waals surface area (Å²) >= 11 is 0. The summed E-state index contributed by atoms with van der Waals surface area (Å²) in [5.41, 5.74) is -1.51. The minimum atomic E-state index is -5.52. The Hall–Kier alpha value is -2.60.